The average molecular weight is 549 g/mol. The van der Waals surface area contributed by atoms with E-state index in [1.54, 1.807) is 18.2 Å². The number of pyridine rings is 1. The van der Waals surface area contributed by atoms with E-state index in [0.29, 0.717) is 29.4 Å². The summed E-state index contributed by atoms with van der Waals surface area (Å²) in [4.78, 5) is 15.0. The van der Waals surface area contributed by atoms with Gasteiger partial charge in [0.05, 0.1) is 12.1 Å². The van der Waals surface area contributed by atoms with Crippen molar-refractivity contribution in [3.05, 3.63) is 67.7 Å². The van der Waals surface area contributed by atoms with Gasteiger partial charge in [0, 0.05) is 23.3 Å². The number of hydrogen-bond acceptors (Lipinski definition) is 4. The summed E-state index contributed by atoms with van der Waals surface area (Å²) >= 11 is 0. The van der Waals surface area contributed by atoms with Crippen molar-refractivity contribution in [3.63, 3.8) is 0 Å². The standard InChI is InChI=1S/C19H16NO4.2CH3.Au/c1-2-7-22-16-6-4-3-5-12(16)13-9-19(21)20-15-10-18-17(8-14(13)15)23-11-24-18;;;/h3,5-6,8-10H,2,7,11H2,1H3,(H,20,21);2*1H3;/q3*-1;+3. The zero-order valence-electron chi connectivity index (χ0n) is 15.5. The molecule has 1 aliphatic rings. The molecule has 6 heteroatoms. The van der Waals surface area contributed by atoms with Crippen LogP contribution >= 0.6 is 0 Å². The Morgan fingerprint density at radius 3 is 2.63 bits per heavy atom. The van der Waals surface area contributed by atoms with Gasteiger partial charge in [-0.25, -0.2) is 0 Å². The number of ether oxygens (including phenoxy) is 3. The van der Waals surface area contributed by atoms with E-state index >= 15 is 0 Å². The number of rotatable bonds is 4. The van der Waals surface area contributed by atoms with E-state index in [2.05, 4.69) is 18.0 Å². The molecule has 5 nitrogen and oxygen atoms in total. The second-order valence-electron chi connectivity index (χ2n) is 5.57. The van der Waals surface area contributed by atoms with E-state index in [-0.39, 0.29) is 49.6 Å². The summed E-state index contributed by atoms with van der Waals surface area (Å²) in [5.74, 6) is 2.03. The van der Waals surface area contributed by atoms with Crippen LogP contribution in [0.15, 0.2) is 41.2 Å². The molecule has 0 atom stereocenters. The van der Waals surface area contributed by atoms with Crippen LogP contribution < -0.4 is 19.8 Å². The first-order chi connectivity index (χ1) is 11.8. The van der Waals surface area contributed by atoms with E-state index in [4.69, 9.17) is 14.2 Å². The van der Waals surface area contributed by atoms with E-state index in [1.165, 1.54) is 0 Å². The molecule has 0 bridgehead atoms. The molecule has 2 heterocycles. The van der Waals surface area contributed by atoms with Crippen molar-refractivity contribution in [1.29, 1.82) is 0 Å². The minimum absolute atomic E-state index is 0. The largest absolute Gasteiger partial charge is 3.00 e. The van der Waals surface area contributed by atoms with Gasteiger partial charge in [-0.05, 0) is 18.1 Å². The van der Waals surface area contributed by atoms with Crippen LogP contribution in [0.5, 0.6) is 17.2 Å². The first kappa shape index (κ1) is 22.8. The fourth-order valence-electron chi connectivity index (χ4n) is 2.84. The molecule has 0 saturated carbocycles. The molecule has 2 aromatic carbocycles. The molecule has 0 unspecified atom stereocenters. The van der Waals surface area contributed by atoms with Crippen molar-refractivity contribution in [2.24, 2.45) is 0 Å². The van der Waals surface area contributed by atoms with E-state index < -0.39 is 0 Å². The van der Waals surface area contributed by atoms with Gasteiger partial charge in [0.2, 0.25) is 12.4 Å². The van der Waals surface area contributed by atoms with Crippen LogP contribution in [0.1, 0.15) is 13.3 Å². The number of hydrogen-bond donors (Lipinski definition) is 1. The van der Waals surface area contributed by atoms with Gasteiger partial charge < -0.3 is 34.0 Å². The molecule has 0 saturated heterocycles. The smallest absolute Gasteiger partial charge is 0.550 e. The topological polar surface area (TPSA) is 60.6 Å². The SMILES string of the molecule is CCCOc1c[c-]ccc1-c1cc(=O)[nH]c2cc3c(cc12)OCO3.[Au+3].[CH3-].[CH3-]. The van der Waals surface area contributed by atoms with Gasteiger partial charge in [0.15, 0.2) is 11.5 Å². The predicted molar refractivity (Wildman–Crippen MR) is 104 cm³/mol. The van der Waals surface area contributed by atoms with Gasteiger partial charge in [-0.2, -0.15) is 18.2 Å². The minimum Gasteiger partial charge on any atom is -0.550 e. The Bertz CT molecular complexity index is 968. The second-order valence-corrected chi connectivity index (χ2v) is 5.57. The Morgan fingerprint density at radius 2 is 1.89 bits per heavy atom. The number of nitrogens with one attached hydrogen (secondary N) is 1. The van der Waals surface area contributed by atoms with Crippen molar-refractivity contribution in [1.82, 2.24) is 4.98 Å². The van der Waals surface area contributed by atoms with Gasteiger partial charge in [-0.3, -0.25) is 4.79 Å². The van der Waals surface area contributed by atoms with Crippen LogP contribution in [0.25, 0.3) is 22.0 Å². The van der Waals surface area contributed by atoms with Crippen molar-refractivity contribution in [3.8, 4) is 28.4 Å². The normalized spacial score (nSPS) is 11.1. The summed E-state index contributed by atoms with van der Waals surface area (Å²) in [7, 11) is 0. The van der Waals surface area contributed by atoms with Crippen LogP contribution in [0, 0.1) is 20.9 Å². The predicted octanol–water partition coefficient (Wildman–Crippen LogP) is 4.41. The first-order valence-electron chi connectivity index (χ1n) is 7.86. The number of aromatic nitrogens is 1. The van der Waals surface area contributed by atoms with Gasteiger partial charge in [-0.15, -0.1) is 6.07 Å². The molecule has 0 aliphatic carbocycles. The molecule has 146 valence electrons. The Hall–Kier alpha value is -2.21. The van der Waals surface area contributed by atoms with E-state index in [9.17, 15) is 4.79 Å². The maximum absolute atomic E-state index is 12.1. The number of fused-ring (bicyclic) bond motifs is 2. The van der Waals surface area contributed by atoms with Crippen LogP contribution in [0.4, 0.5) is 0 Å². The van der Waals surface area contributed by atoms with Crippen LogP contribution in [-0.2, 0) is 22.4 Å². The third-order valence-electron chi connectivity index (χ3n) is 3.91. The van der Waals surface area contributed by atoms with Gasteiger partial charge in [-0.1, -0.05) is 12.5 Å². The van der Waals surface area contributed by atoms with Gasteiger partial charge in [0.1, 0.15) is 0 Å². The summed E-state index contributed by atoms with van der Waals surface area (Å²) in [6.45, 7) is 2.85. The molecule has 0 radical (unpaired) electrons. The Labute approximate surface area is 175 Å². The fourth-order valence-corrected chi connectivity index (χ4v) is 2.84. The van der Waals surface area contributed by atoms with Crippen LogP contribution in [0.2, 0.25) is 0 Å². The molecule has 1 N–H and O–H groups in total. The summed E-state index contributed by atoms with van der Waals surface area (Å²) in [5.41, 5.74) is 2.19. The number of H-pyrrole nitrogens is 1. The number of benzene rings is 2. The zero-order chi connectivity index (χ0) is 16.5. The molecular weight excluding hydrogens is 527 g/mol. The monoisotopic (exact) mass is 549 g/mol. The molecule has 0 spiro atoms. The van der Waals surface area contributed by atoms with Crippen LogP contribution in [-0.4, -0.2) is 18.4 Å². The van der Waals surface area contributed by atoms with Crippen LogP contribution in [0.3, 0.4) is 0 Å². The van der Waals surface area contributed by atoms with Crippen molar-refractivity contribution >= 4 is 10.9 Å². The van der Waals surface area contributed by atoms with Gasteiger partial charge >= 0.3 is 22.4 Å². The third kappa shape index (κ3) is 4.38. The van der Waals surface area contributed by atoms with E-state index in [0.717, 1.165) is 22.9 Å². The molecular formula is C21H22AuNO4. The maximum Gasteiger partial charge on any atom is 3.00 e. The summed E-state index contributed by atoms with van der Waals surface area (Å²) in [5, 5.41) is 0.881. The number of aromatic amines is 1. The molecule has 0 amide bonds. The minimum atomic E-state index is -0.175. The Morgan fingerprint density at radius 1 is 1.15 bits per heavy atom. The van der Waals surface area contributed by atoms with Crippen molar-refractivity contribution in [2.45, 2.75) is 13.3 Å². The molecule has 27 heavy (non-hydrogen) atoms. The molecule has 3 aromatic rings. The Balaban J connectivity index is 0.00000121. The molecule has 4 rings (SSSR count). The van der Waals surface area contributed by atoms with Crippen molar-refractivity contribution in [2.75, 3.05) is 13.4 Å². The molecule has 1 aliphatic heterocycles. The second kappa shape index (κ2) is 9.65. The quantitative estimate of drug-likeness (QED) is 0.387. The molecule has 0 fully saturated rings. The van der Waals surface area contributed by atoms with E-state index in [1.807, 2.05) is 18.2 Å². The molecule has 1 aromatic heterocycles. The first-order valence-corrected chi connectivity index (χ1v) is 7.86. The third-order valence-corrected chi connectivity index (χ3v) is 3.91. The summed E-state index contributed by atoms with van der Waals surface area (Å²) < 4.78 is 16.7. The summed E-state index contributed by atoms with van der Waals surface area (Å²) in [6.07, 6.45) is 0.906. The fraction of sp³-hybridized carbons (Fsp3) is 0.190. The maximum atomic E-state index is 12.1. The van der Waals surface area contributed by atoms with Crippen molar-refractivity contribution < 1.29 is 36.6 Å². The summed E-state index contributed by atoms with van der Waals surface area (Å²) in [6, 6.07) is 13.8. The Kier molecular flexibility index (Phi) is 8.16. The van der Waals surface area contributed by atoms with Gasteiger partial charge in [0.25, 0.3) is 0 Å². The zero-order valence-corrected chi connectivity index (χ0v) is 17.7. The average Bonchev–Trinajstić information content (AvgIpc) is 3.05.